The normalized spacial score (nSPS) is 10.6. The highest BCUT2D eigenvalue weighted by Gasteiger charge is 2.08. The third-order valence-corrected chi connectivity index (χ3v) is 2.41. The van der Waals surface area contributed by atoms with Crippen molar-refractivity contribution < 1.29 is 9.90 Å². The summed E-state index contributed by atoms with van der Waals surface area (Å²) >= 11 is 3.32. The number of halogens is 1. The van der Waals surface area contributed by atoms with Crippen LogP contribution in [0.5, 0.6) is 0 Å². The Morgan fingerprint density at radius 3 is 3.07 bits per heavy atom. The lowest BCUT2D eigenvalue weighted by atomic mass is 10.1. The molecule has 0 aliphatic heterocycles. The molecule has 0 atom stereocenters. The van der Waals surface area contributed by atoms with Crippen LogP contribution in [0.2, 0.25) is 0 Å². The molecular formula is C9H7BrN2O2. The molecule has 4 nitrogen and oxygen atoms in total. The summed E-state index contributed by atoms with van der Waals surface area (Å²) in [5, 5.41) is 16.2. The molecule has 2 aromatic rings. The average molecular weight is 255 g/mol. The number of aromatic amines is 1. The van der Waals surface area contributed by atoms with Crippen LogP contribution in [0.1, 0.15) is 5.56 Å². The van der Waals surface area contributed by atoms with Crippen molar-refractivity contribution in [2.45, 2.75) is 6.42 Å². The summed E-state index contributed by atoms with van der Waals surface area (Å²) in [5.74, 6) is -0.842. The van der Waals surface area contributed by atoms with Crippen molar-refractivity contribution in [3.63, 3.8) is 0 Å². The molecule has 1 aromatic carbocycles. The molecule has 2 rings (SSSR count). The molecule has 0 amide bonds. The molecule has 1 heterocycles. The number of H-pyrrole nitrogens is 1. The van der Waals surface area contributed by atoms with E-state index in [2.05, 4.69) is 26.1 Å². The Kier molecular flexibility index (Phi) is 2.25. The third kappa shape index (κ3) is 1.63. The minimum atomic E-state index is -0.842. The van der Waals surface area contributed by atoms with E-state index < -0.39 is 5.97 Å². The fourth-order valence-electron chi connectivity index (χ4n) is 1.39. The van der Waals surface area contributed by atoms with Gasteiger partial charge in [-0.25, -0.2) is 0 Å². The summed E-state index contributed by atoms with van der Waals surface area (Å²) in [6, 6.07) is 3.67. The first-order chi connectivity index (χ1) is 6.66. The van der Waals surface area contributed by atoms with E-state index in [0.717, 1.165) is 20.9 Å². The smallest absolute Gasteiger partial charge is 0.307 e. The molecule has 1 aromatic heterocycles. The number of rotatable bonds is 2. The van der Waals surface area contributed by atoms with Gasteiger partial charge in [-0.3, -0.25) is 9.89 Å². The van der Waals surface area contributed by atoms with Gasteiger partial charge in [0.1, 0.15) is 0 Å². The quantitative estimate of drug-likeness (QED) is 0.861. The third-order valence-electron chi connectivity index (χ3n) is 1.95. The topological polar surface area (TPSA) is 66.0 Å². The number of carboxylic acid groups (broad SMARTS) is 1. The van der Waals surface area contributed by atoms with Crippen molar-refractivity contribution in [2.75, 3.05) is 0 Å². The fourth-order valence-corrected chi connectivity index (χ4v) is 1.90. The highest BCUT2D eigenvalue weighted by molar-refractivity contribution is 9.10. The second-order valence-corrected chi connectivity index (χ2v) is 3.88. The van der Waals surface area contributed by atoms with E-state index in [0.29, 0.717) is 0 Å². The van der Waals surface area contributed by atoms with Crippen molar-refractivity contribution in [3.05, 3.63) is 28.4 Å². The van der Waals surface area contributed by atoms with Gasteiger partial charge in [-0.1, -0.05) is 15.9 Å². The summed E-state index contributed by atoms with van der Waals surface area (Å²) in [7, 11) is 0. The Balaban J connectivity index is 2.60. The molecule has 0 saturated carbocycles. The van der Waals surface area contributed by atoms with Crippen molar-refractivity contribution >= 4 is 32.8 Å². The first-order valence-corrected chi connectivity index (χ1v) is 4.79. The van der Waals surface area contributed by atoms with Gasteiger partial charge >= 0.3 is 5.97 Å². The predicted octanol–water partition coefficient (Wildman–Crippen LogP) is 1.95. The van der Waals surface area contributed by atoms with Crippen LogP contribution < -0.4 is 0 Å². The van der Waals surface area contributed by atoms with Crippen LogP contribution in [-0.4, -0.2) is 21.3 Å². The van der Waals surface area contributed by atoms with Crippen LogP contribution in [0.15, 0.2) is 22.8 Å². The number of hydrogen-bond donors (Lipinski definition) is 2. The molecule has 0 bridgehead atoms. The van der Waals surface area contributed by atoms with Crippen molar-refractivity contribution in [2.24, 2.45) is 0 Å². The molecule has 2 N–H and O–H groups in total. The Bertz CT molecular complexity index is 493. The first kappa shape index (κ1) is 9.21. The van der Waals surface area contributed by atoms with Gasteiger partial charge in [-0.2, -0.15) is 5.10 Å². The molecule has 0 spiro atoms. The predicted molar refractivity (Wildman–Crippen MR) is 55.1 cm³/mol. The standard InChI is InChI=1S/C9H7BrN2O2/c10-6-1-5(2-9(13)14)7-4-11-12-8(7)3-6/h1,3-4H,2H2,(H,11,12)(H,13,14). The van der Waals surface area contributed by atoms with E-state index in [-0.39, 0.29) is 6.42 Å². The van der Waals surface area contributed by atoms with E-state index >= 15 is 0 Å². The van der Waals surface area contributed by atoms with Crippen LogP contribution in [-0.2, 0) is 11.2 Å². The summed E-state index contributed by atoms with van der Waals surface area (Å²) in [6.45, 7) is 0. The Morgan fingerprint density at radius 2 is 2.36 bits per heavy atom. The maximum atomic E-state index is 10.6. The second-order valence-electron chi connectivity index (χ2n) is 2.97. The molecule has 0 radical (unpaired) electrons. The second kappa shape index (κ2) is 3.42. The molecule has 72 valence electrons. The highest BCUT2D eigenvalue weighted by atomic mass is 79.9. The van der Waals surface area contributed by atoms with Gasteiger partial charge in [0.2, 0.25) is 0 Å². The number of aliphatic carboxylic acids is 1. The maximum Gasteiger partial charge on any atom is 0.307 e. The number of aromatic nitrogens is 2. The van der Waals surface area contributed by atoms with Crippen molar-refractivity contribution in [3.8, 4) is 0 Å². The zero-order valence-corrected chi connectivity index (χ0v) is 8.71. The minimum Gasteiger partial charge on any atom is -0.481 e. The Morgan fingerprint density at radius 1 is 1.57 bits per heavy atom. The number of hydrogen-bond acceptors (Lipinski definition) is 2. The van der Waals surface area contributed by atoms with E-state index in [9.17, 15) is 4.79 Å². The van der Waals surface area contributed by atoms with E-state index in [1.165, 1.54) is 0 Å². The van der Waals surface area contributed by atoms with E-state index in [1.807, 2.05) is 6.07 Å². The number of carboxylic acids is 1. The molecule has 0 saturated heterocycles. The molecule has 14 heavy (non-hydrogen) atoms. The summed E-state index contributed by atoms with van der Waals surface area (Å²) < 4.78 is 0.852. The van der Waals surface area contributed by atoms with Crippen molar-refractivity contribution in [1.82, 2.24) is 10.2 Å². The lowest BCUT2D eigenvalue weighted by molar-refractivity contribution is -0.136. The van der Waals surface area contributed by atoms with E-state index in [1.54, 1.807) is 12.3 Å². The number of nitrogens with zero attached hydrogens (tertiary/aromatic N) is 1. The van der Waals surface area contributed by atoms with Gasteiger partial charge in [-0.05, 0) is 17.7 Å². The van der Waals surface area contributed by atoms with Gasteiger partial charge in [-0.15, -0.1) is 0 Å². The Hall–Kier alpha value is -1.36. The number of fused-ring (bicyclic) bond motifs is 1. The number of benzene rings is 1. The fraction of sp³-hybridized carbons (Fsp3) is 0.111. The van der Waals surface area contributed by atoms with Crippen LogP contribution in [0.4, 0.5) is 0 Å². The SMILES string of the molecule is O=C(O)Cc1cc(Br)cc2[nH]ncc12. The molecule has 5 heteroatoms. The zero-order chi connectivity index (χ0) is 10.1. The molecule has 0 unspecified atom stereocenters. The maximum absolute atomic E-state index is 10.6. The average Bonchev–Trinajstić information content (AvgIpc) is 2.50. The number of nitrogens with one attached hydrogen (secondary N) is 1. The summed E-state index contributed by atoms with van der Waals surface area (Å²) in [5.41, 5.74) is 1.60. The van der Waals surface area contributed by atoms with Crippen LogP contribution in [0, 0.1) is 0 Å². The van der Waals surface area contributed by atoms with Gasteiger partial charge in [0, 0.05) is 9.86 Å². The summed E-state index contributed by atoms with van der Waals surface area (Å²) in [6.07, 6.45) is 1.65. The van der Waals surface area contributed by atoms with Gasteiger partial charge in [0.25, 0.3) is 0 Å². The molecule has 0 aliphatic carbocycles. The van der Waals surface area contributed by atoms with Crippen LogP contribution >= 0.6 is 15.9 Å². The van der Waals surface area contributed by atoms with Crippen LogP contribution in [0.3, 0.4) is 0 Å². The lowest BCUT2D eigenvalue weighted by Crippen LogP contribution is -2.00. The van der Waals surface area contributed by atoms with E-state index in [4.69, 9.17) is 5.11 Å². The minimum absolute atomic E-state index is 0.00940. The monoisotopic (exact) mass is 254 g/mol. The van der Waals surface area contributed by atoms with Gasteiger partial charge < -0.3 is 5.11 Å². The first-order valence-electron chi connectivity index (χ1n) is 4.00. The van der Waals surface area contributed by atoms with Gasteiger partial charge in [0.05, 0.1) is 18.1 Å². The largest absolute Gasteiger partial charge is 0.481 e. The van der Waals surface area contributed by atoms with Crippen LogP contribution in [0.25, 0.3) is 10.9 Å². The molecule has 0 fully saturated rings. The highest BCUT2D eigenvalue weighted by Crippen LogP contribution is 2.22. The molecule has 0 aliphatic rings. The van der Waals surface area contributed by atoms with Crippen molar-refractivity contribution in [1.29, 1.82) is 0 Å². The summed E-state index contributed by atoms with van der Waals surface area (Å²) in [4.78, 5) is 10.6. The lowest BCUT2D eigenvalue weighted by Gasteiger charge is -2.00. The number of carbonyl (C=O) groups is 1. The van der Waals surface area contributed by atoms with Gasteiger partial charge in [0.15, 0.2) is 0 Å². The zero-order valence-electron chi connectivity index (χ0n) is 7.12. The molecular weight excluding hydrogens is 248 g/mol. The Labute approximate surface area is 88.1 Å².